The topological polar surface area (TPSA) is 15.3 Å². The maximum atomic E-state index is 3.67. The van der Waals surface area contributed by atoms with Gasteiger partial charge in [-0.15, -0.1) is 0 Å². The molecule has 0 aliphatic carbocycles. The van der Waals surface area contributed by atoms with Crippen LogP contribution in [0.4, 0.5) is 0 Å². The summed E-state index contributed by atoms with van der Waals surface area (Å²) in [6.07, 6.45) is 4.00. The van der Waals surface area contributed by atoms with Gasteiger partial charge in [0.1, 0.15) is 0 Å². The maximum absolute atomic E-state index is 3.67. The van der Waals surface area contributed by atoms with Crippen molar-refractivity contribution in [1.82, 2.24) is 10.2 Å². The summed E-state index contributed by atoms with van der Waals surface area (Å²) in [4.78, 5) is 2.67. The van der Waals surface area contributed by atoms with Crippen LogP contribution in [0.2, 0.25) is 0 Å². The molecule has 1 aliphatic heterocycles. The molecule has 1 saturated heterocycles. The molecule has 0 saturated carbocycles. The van der Waals surface area contributed by atoms with Crippen LogP contribution in [0.15, 0.2) is 24.3 Å². The van der Waals surface area contributed by atoms with Gasteiger partial charge in [-0.1, -0.05) is 50.6 Å². The van der Waals surface area contributed by atoms with Gasteiger partial charge in [-0.2, -0.15) is 0 Å². The lowest BCUT2D eigenvalue weighted by atomic mass is 9.82. The first-order chi connectivity index (χ1) is 10.1. The van der Waals surface area contributed by atoms with E-state index in [1.165, 1.54) is 43.5 Å². The molecule has 0 spiro atoms. The molecule has 21 heavy (non-hydrogen) atoms. The van der Waals surface area contributed by atoms with E-state index in [4.69, 9.17) is 0 Å². The third kappa shape index (κ3) is 4.08. The van der Waals surface area contributed by atoms with Crippen LogP contribution in [0.1, 0.15) is 57.2 Å². The highest BCUT2D eigenvalue weighted by Crippen LogP contribution is 2.37. The van der Waals surface area contributed by atoms with Crippen molar-refractivity contribution in [3.05, 3.63) is 35.4 Å². The van der Waals surface area contributed by atoms with Gasteiger partial charge in [-0.3, -0.25) is 0 Å². The van der Waals surface area contributed by atoms with Crippen LogP contribution in [-0.4, -0.2) is 31.1 Å². The predicted octanol–water partition coefficient (Wildman–Crippen LogP) is 4.16. The summed E-state index contributed by atoms with van der Waals surface area (Å²) in [5.74, 6) is 0. The summed E-state index contributed by atoms with van der Waals surface area (Å²) in [7, 11) is 0. The molecule has 1 N–H and O–H groups in total. The van der Waals surface area contributed by atoms with E-state index in [9.17, 15) is 0 Å². The van der Waals surface area contributed by atoms with Crippen molar-refractivity contribution in [3.63, 3.8) is 0 Å². The van der Waals surface area contributed by atoms with Gasteiger partial charge in [0.05, 0.1) is 0 Å². The number of benzene rings is 1. The minimum Gasteiger partial charge on any atom is -0.309 e. The van der Waals surface area contributed by atoms with E-state index < -0.39 is 0 Å². The average Bonchev–Trinajstić information content (AvgIpc) is 2.91. The van der Waals surface area contributed by atoms with Crippen molar-refractivity contribution in [3.8, 4) is 0 Å². The number of hydrogen-bond acceptors (Lipinski definition) is 2. The maximum Gasteiger partial charge on any atom is 0.0449 e. The highest BCUT2D eigenvalue weighted by molar-refractivity contribution is 5.25. The second-order valence-corrected chi connectivity index (χ2v) is 6.72. The quantitative estimate of drug-likeness (QED) is 0.810. The summed E-state index contributed by atoms with van der Waals surface area (Å²) in [5, 5.41) is 3.67. The minimum atomic E-state index is 0.458. The highest BCUT2D eigenvalue weighted by atomic mass is 15.2. The van der Waals surface area contributed by atoms with Gasteiger partial charge >= 0.3 is 0 Å². The van der Waals surface area contributed by atoms with E-state index in [1.54, 1.807) is 0 Å². The van der Waals surface area contributed by atoms with E-state index in [0.717, 1.165) is 13.1 Å². The van der Waals surface area contributed by atoms with Crippen molar-refractivity contribution in [2.45, 2.75) is 53.0 Å². The Balaban J connectivity index is 2.04. The van der Waals surface area contributed by atoms with Gasteiger partial charge in [-0.05, 0) is 50.3 Å². The molecule has 1 heterocycles. The monoisotopic (exact) mass is 288 g/mol. The second kappa shape index (κ2) is 7.42. The number of likely N-dealkylation sites (tertiary alicyclic amines) is 1. The standard InChI is InChI=1S/C19H32N2/c1-5-19(6-2)11-12-21(15-19)14-18(20-7-3)17-10-8-9-16(4)13-17/h8-10,13,18,20H,5-7,11-12,14-15H2,1-4H3. The lowest BCUT2D eigenvalue weighted by Gasteiger charge is -2.29. The SMILES string of the molecule is CCNC(CN1CCC(CC)(CC)C1)c1cccc(C)c1. The highest BCUT2D eigenvalue weighted by Gasteiger charge is 2.35. The number of rotatable bonds is 7. The number of nitrogens with one attached hydrogen (secondary N) is 1. The fourth-order valence-electron chi connectivity index (χ4n) is 3.69. The van der Waals surface area contributed by atoms with Crippen molar-refractivity contribution >= 4 is 0 Å². The Morgan fingerprint density at radius 3 is 2.57 bits per heavy atom. The molecule has 118 valence electrons. The smallest absolute Gasteiger partial charge is 0.0449 e. The molecule has 0 radical (unpaired) electrons. The summed E-state index contributed by atoms with van der Waals surface area (Å²) >= 11 is 0. The molecule has 2 heteroatoms. The molecule has 0 aromatic heterocycles. The van der Waals surface area contributed by atoms with Crippen molar-refractivity contribution in [2.75, 3.05) is 26.2 Å². The van der Waals surface area contributed by atoms with Crippen LogP contribution in [-0.2, 0) is 0 Å². The third-order valence-corrected chi connectivity index (χ3v) is 5.35. The molecule has 0 bridgehead atoms. The van der Waals surface area contributed by atoms with E-state index in [2.05, 4.69) is 62.2 Å². The van der Waals surface area contributed by atoms with Crippen LogP contribution in [0.3, 0.4) is 0 Å². The molecule has 2 nitrogen and oxygen atoms in total. The first-order valence-corrected chi connectivity index (χ1v) is 8.64. The molecular weight excluding hydrogens is 256 g/mol. The van der Waals surface area contributed by atoms with E-state index in [1.807, 2.05) is 0 Å². The molecule has 1 aromatic carbocycles. The minimum absolute atomic E-state index is 0.458. The number of nitrogens with zero attached hydrogens (tertiary/aromatic N) is 1. The molecule has 1 aliphatic rings. The fourth-order valence-corrected chi connectivity index (χ4v) is 3.69. The van der Waals surface area contributed by atoms with E-state index in [0.29, 0.717) is 11.5 Å². The lowest BCUT2D eigenvalue weighted by molar-refractivity contribution is 0.226. The Hall–Kier alpha value is -0.860. The van der Waals surface area contributed by atoms with Gasteiger partial charge in [-0.25, -0.2) is 0 Å². The first-order valence-electron chi connectivity index (χ1n) is 8.64. The third-order valence-electron chi connectivity index (χ3n) is 5.35. The van der Waals surface area contributed by atoms with Gasteiger partial charge < -0.3 is 10.2 Å². The summed E-state index contributed by atoms with van der Waals surface area (Å²) in [6, 6.07) is 9.42. The first kappa shape index (κ1) is 16.5. The predicted molar refractivity (Wildman–Crippen MR) is 91.7 cm³/mol. The zero-order valence-electron chi connectivity index (χ0n) is 14.3. The van der Waals surface area contributed by atoms with Gasteiger partial charge in [0.15, 0.2) is 0 Å². The van der Waals surface area contributed by atoms with Crippen molar-refractivity contribution < 1.29 is 0 Å². The molecule has 0 amide bonds. The van der Waals surface area contributed by atoms with Crippen LogP contribution in [0, 0.1) is 12.3 Å². The van der Waals surface area contributed by atoms with Crippen LogP contribution >= 0.6 is 0 Å². The molecular formula is C19H32N2. The van der Waals surface area contributed by atoms with Gasteiger partial charge in [0.25, 0.3) is 0 Å². The molecule has 2 rings (SSSR count). The van der Waals surface area contributed by atoms with Crippen LogP contribution < -0.4 is 5.32 Å². The second-order valence-electron chi connectivity index (χ2n) is 6.72. The number of hydrogen-bond donors (Lipinski definition) is 1. The van der Waals surface area contributed by atoms with Crippen LogP contribution in [0.25, 0.3) is 0 Å². The summed E-state index contributed by atoms with van der Waals surface area (Å²) in [5.41, 5.74) is 3.36. The Morgan fingerprint density at radius 1 is 1.24 bits per heavy atom. The fraction of sp³-hybridized carbons (Fsp3) is 0.684. The normalized spacial score (nSPS) is 19.8. The molecule has 1 fully saturated rings. The molecule has 1 unspecified atom stereocenters. The molecule has 1 atom stereocenters. The zero-order valence-corrected chi connectivity index (χ0v) is 14.3. The Morgan fingerprint density at radius 2 is 2.00 bits per heavy atom. The van der Waals surface area contributed by atoms with E-state index >= 15 is 0 Å². The Labute approximate surface area is 130 Å². The van der Waals surface area contributed by atoms with Gasteiger partial charge in [0.2, 0.25) is 0 Å². The van der Waals surface area contributed by atoms with Crippen molar-refractivity contribution in [1.29, 1.82) is 0 Å². The number of likely N-dealkylation sites (N-methyl/N-ethyl adjacent to an activating group) is 1. The zero-order chi connectivity index (χ0) is 15.3. The molecule has 1 aromatic rings. The van der Waals surface area contributed by atoms with Gasteiger partial charge in [0, 0.05) is 19.1 Å². The Bertz CT molecular complexity index is 437. The van der Waals surface area contributed by atoms with Crippen LogP contribution in [0.5, 0.6) is 0 Å². The number of aryl methyl sites for hydroxylation is 1. The van der Waals surface area contributed by atoms with E-state index in [-0.39, 0.29) is 0 Å². The lowest BCUT2D eigenvalue weighted by Crippen LogP contribution is -2.35. The Kier molecular flexibility index (Phi) is 5.83. The summed E-state index contributed by atoms with van der Waals surface area (Å²) < 4.78 is 0. The average molecular weight is 288 g/mol. The van der Waals surface area contributed by atoms with Crippen molar-refractivity contribution in [2.24, 2.45) is 5.41 Å². The summed E-state index contributed by atoms with van der Waals surface area (Å²) in [6.45, 7) is 13.8. The largest absolute Gasteiger partial charge is 0.309 e.